The predicted molar refractivity (Wildman–Crippen MR) is 66.0 cm³/mol. The molecule has 1 aromatic carbocycles. The normalized spacial score (nSPS) is 15.2. The van der Waals surface area contributed by atoms with E-state index in [1.165, 1.54) is 12.8 Å². The molecule has 0 saturated heterocycles. The highest BCUT2D eigenvalue weighted by molar-refractivity contribution is 6.13. The zero-order chi connectivity index (χ0) is 11.4. The zero-order valence-corrected chi connectivity index (χ0v) is 9.66. The van der Waals surface area contributed by atoms with Gasteiger partial charge in [0, 0.05) is 18.5 Å². The van der Waals surface area contributed by atoms with Crippen LogP contribution in [0.4, 0.5) is 0 Å². The fraction of sp³-hybridized carbons (Fsp3) is 0.357. The van der Waals surface area contributed by atoms with Crippen LogP contribution in [0.3, 0.4) is 0 Å². The molecule has 1 aliphatic carbocycles. The number of benzene rings is 1. The SMILES string of the molecule is CN=C(C#CC1CC1)c1ccc(OC)cc1. The van der Waals surface area contributed by atoms with Crippen LogP contribution < -0.4 is 4.74 Å². The molecule has 0 aromatic heterocycles. The maximum Gasteiger partial charge on any atom is 0.118 e. The fourth-order valence-corrected chi connectivity index (χ4v) is 1.40. The molecule has 2 nitrogen and oxygen atoms in total. The van der Waals surface area contributed by atoms with Crippen molar-refractivity contribution in [3.8, 4) is 17.6 Å². The van der Waals surface area contributed by atoms with Crippen LogP contribution in [-0.2, 0) is 0 Å². The van der Waals surface area contributed by atoms with E-state index in [4.69, 9.17) is 4.74 Å². The number of nitrogens with zero attached hydrogens (tertiary/aromatic N) is 1. The number of hydrogen-bond donors (Lipinski definition) is 0. The number of methoxy groups -OCH3 is 1. The van der Waals surface area contributed by atoms with E-state index in [1.54, 1.807) is 14.2 Å². The molecule has 0 radical (unpaired) electrons. The Labute approximate surface area is 96.4 Å². The van der Waals surface area contributed by atoms with Crippen LogP contribution in [0.15, 0.2) is 29.3 Å². The van der Waals surface area contributed by atoms with E-state index in [9.17, 15) is 0 Å². The Balaban J connectivity index is 2.17. The van der Waals surface area contributed by atoms with Gasteiger partial charge >= 0.3 is 0 Å². The Bertz CT molecular complexity index is 444. The third-order valence-corrected chi connectivity index (χ3v) is 2.56. The van der Waals surface area contributed by atoms with Gasteiger partial charge in [-0.15, -0.1) is 0 Å². The summed E-state index contributed by atoms with van der Waals surface area (Å²) < 4.78 is 5.11. The van der Waals surface area contributed by atoms with E-state index in [0.717, 1.165) is 17.0 Å². The Morgan fingerprint density at radius 3 is 2.50 bits per heavy atom. The monoisotopic (exact) mass is 213 g/mol. The third kappa shape index (κ3) is 2.64. The van der Waals surface area contributed by atoms with Gasteiger partial charge in [-0.3, -0.25) is 4.99 Å². The molecule has 0 spiro atoms. The smallest absolute Gasteiger partial charge is 0.118 e. The summed E-state index contributed by atoms with van der Waals surface area (Å²) in [5.41, 5.74) is 1.91. The molecule has 0 amide bonds. The maximum atomic E-state index is 5.11. The number of aliphatic imine (C=N–C) groups is 1. The molecule has 0 bridgehead atoms. The summed E-state index contributed by atoms with van der Waals surface area (Å²) in [5, 5.41) is 0. The third-order valence-electron chi connectivity index (χ3n) is 2.56. The van der Waals surface area contributed by atoms with Crippen molar-refractivity contribution in [2.24, 2.45) is 10.9 Å². The molecule has 0 N–H and O–H groups in total. The van der Waals surface area contributed by atoms with E-state index in [-0.39, 0.29) is 0 Å². The lowest BCUT2D eigenvalue weighted by Crippen LogP contribution is -1.97. The molecule has 1 fully saturated rings. The summed E-state index contributed by atoms with van der Waals surface area (Å²) in [5.74, 6) is 7.83. The van der Waals surface area contributed by atoms with Gasteiger partial charge in [-0.05, 0) is 43.0 Å². The highest BCUT2D eigenvalue weighted by Crippen LogP contribution is 2.27. The number of hydrogen-bond acceptors (Lipinski definition) is 2. The van der Waals surface area contributed by atoms with Crippen LogP contribution in [0.2, 0.25) is 0 Å². The molecule has 16 heavy (non-hydrogen) atoms. The van der Waals surface area contributed by atoms with Gasteiger partial charge in [-0.25, -0.2) is 0 Å². The average molecular weight is 213 g/mol. The van der Waals surface area contributed by atoms with Crippen molar-refractivity contribution in [2.45, 2.75) is 12.8 Å². The van der Waals surface area contributed by atoms with Crippen LogP contribution in [0, 0.1) is 17.8 Å². The fourth-order valence-electron chi connectivity index (χ4n) is 1.40. The van der Waals surface area contributed by atoms with Gasteiger partial charge in [0.15, 0.2) is 0 Å². The Morgan fingerprint density at radius 2 is 2.00 bits per heavy atom. The van der Waals surface area contributed by atoms with E-state index >= 15 is 0 Å². The lowest BCUT2D eigenvalue weighted by molar-refractivity contribution is 0.415. The molecule has 0 aliphatic heterocycles. The molecule has 1 aromatic rings. The first-order valence-electron chi connectivity index (χ1n) is 5.46. The minimum Gasteiger partial charge on any atom is -0.497 e. The second-order valence-electron chi connectivity index (χ2n) is 3.84. The Kier molecular flexibility index (Phi) is 3.26. The highest BCUT2D eigenvalue weighted by Gasteiger charge is 2.17. The number of ether oxygens (including phenoxy) is 1. The van der Waals surface area contributed by atoms with Gasteiger partial charge in [0.25, 0.3) is 0 Å². The first-order chi connectivity index (χ1) is 7.83. The molecule has 0 unspecified atom stereocenters. The molecule has 82 valence electrons. The Morgan fingerprint density at radius 1 is 1.31 bits per heavy atom. The molecular formula is C14H15NO. The summed E-state index contributed by atoms with van der Waals surface area (Å²) in [7, 11) is 3.44. The summed E-state index contributed by atoms with van der Waals surface area (Å²) in [6, 6.07) is 7.84. The summed E-state index contributed by atoms with van der Waals surface area (Å²) in [6.07, 6.45) is 2.49. The van der Waals surface area contributed by atoms with E-state index < -0.39 is 0 Å². The first kappa shape index (κ1) is 10.8. The van der Waals surface area contributed by atoms with Crippen molar-refractivity contribution in [1.29, 1.82) is 0 Å². The van der Waals surface area contributed by atoms with Crippen LogP contribution in [-0.4, -0.2) is 19.9 Å². The van der Waals surface area contributed by atoms with Gasteiger partial charge in [0.05, 0.1) is 7.11 Å². The molecule has 0 atom stereocenters. The van der Waals surface area contributed by atoms with E-state index in [0.29, 0.717) is 5.92 Å². The molecule has 1 saturated carbocycles. The first-order valence-corrected chi connectivity index (χ1v) is 5.46. The molecular weight excluding hydrogens is 198 g/mol. The lowest BCUT2D eigenvalue weighted by Gasteiger charge is -2.01. The van der Waals surface area contributed by atoms with Crippen molar-refractivity contribution in [1.82, 2.24) is 0 Å². The maximum absolute atomic E-state index is 5.11. The lowest BCUT2D eigenvalue weighted by atomic mass is 10.1. The molecule has 2 rings (SSSR count). The molecule has 2 heteroatoms. The van der Waals surface area contributed by atoms with Gasteiger partial charge in [-0.2, -0.15) is 0 Å². The van der Waals surface area contributed by atoms with E-state index in [1.807, 2.05) is 24.3 Å². The van der Waals surface area contributed by atoms with Crippen LogP contribution in [0.1, 0.15) is 18.4 Å². The van der Waals surface area contributed by atoms with Gasteiger partial charge < -0.3 is 4.74 Å². The van der Waals surface area contributed by atoms with E-state index in [2.05, 4.69) is 16.8 Å². The van der Waals surface area contributed by atoms with Crippen molar-refractivity contribution in [3.05, 3.63) is 29.8 Å². The van der Waals surface area contributed by atoms with Crippen molar-refractivity contribution in [3.63, 3.8) is 0 Å². The second kappa shape index (κ2) is 4.85. The predicted octanol–water partition coefficient (Wildman–Crippen LogP) is 2.53. The van der Waals surface area contributed by atoms with Crippen LogP contribution >= 0.6 is 0 Å². The van der Waals surface area contributed by atoms with Crippen molar-refractivity contribution < 1.29 is 4.74 Å². The van der Waals surface area contributed by atoms with Crippen LogP contribution in [0.5, 0.6) is 5.75 Å². The van der Waals surface area contributed by atoms with Gasteiger partial charge in [0.1, 0.15) is 11.5 Å². The number of rotatable bonds is 2. The highest BCUT2D eigenvalue weighted by atomic mass is 16.5. The van der Waals surface area contributed by atoms with Gasteiger partial charge in [-0.1, -0.05) is 5.92 Å². The standard InChI is InChI=1S/C14H15NO/c1-15-14(10-5-11-3-4-11)12-6-8-13(16-2)9-7-12/h6-9,11H,3-4H2,1-2H3. The van der Waals surface area contributed by atoms with Crippen molar-refractivity contribution in [2.75, 3.05) is 14.2 Å². The topological polar surface area (TPSA) is 21.6 Å². The minimum absolute atomic E-state index is 0.606. The summed E-state index contributed by atoms with van der Waals surface area (Å²) in [6.45, 7) is 0. The van der Waals surface area contributed by atoms with Crippen molar-refractivity contribution >= 4 is 5.71 Å². The average Bonchev–Trinajstić information content (AvgIpc) is 3.15. The second-order valence-corrected chi connectivity index (χ2v) is 3.84. The summed E-state index contributed by atoms with van der Waals surface area (Å²) >= 11 is 0. The Hall–Kier alpha value is -1.75. The minimum atomic E-state index is 0.606. The largest absolute Gasteiger partial charge is 0.497 e. The summed E-state index contributed by atoms with van der Waals surface area (Å²) in [4.78, 5) is 4.22. The molecule has 0 heterocycles. The van der Waals surface area contributed by atoms with Gasteiger partial charge in [0.2, 0.25) is 0 Å². The quantitative estimate of drug-likeness (QED) is 0.546. The zero-order valence-electron chi connectivity index (χ0n) is 9.66. The van der Waals surface area contributed by atoms with Crippen LogP contribution in [0.25, 0.3) is 0 Å². The molecule has 1 aliphatic rings.